The lowest BCUT2D eigenvalue weighted by atomic mass is 9.66. The molecule has 1 fully saturated rings. The molecule has 1 aromatic heterocycles. The number of ether oxygens (including phenoxy) is 3. The summed E-state index contributed by atoms with van der Waals surface area (Å²) in [7, 11) is 0. The molecule has 3 aliphatic rings. The number of nitrogens with zero attached hydrogens (tertiary/aromatic N) is 2. The molecule has 1 spiro atoms. The summed E-state index contributed by atoms with van der Waals surface area (Å²) < 4.78 is 32.0. The van der Waals surface area contributed by atoms with Gasteiger partial charge in [0.25, 0.3) is 6.02 Å². The van der Waals surface area contributed by atoms with Crippen LogP contribution in [0.25, 0.3) is 11.1 Å². The highest BCUT2D eigenvalue weighted by Gasteiger charge is 2.59. The molecule has 3 aliphatic heterocycles. The molecule has 3 unspecified atom stereocenters. The van der Waals surface area contributed by atoms with Crippen LogP contribution in [-0.4, -0.2) is 36.4 Å². The van der Waals surface area contributed by atoms with Crippen LogP contribution in [0.15, 0.2) is 41.5 Å². The molecule has 0 amide bonds. The summed E-state index contributed by atoms with van der Waals surface area (Å²) in [6.45, 7) is 3.54. The third-order valence-electron chi connectivity index (χ3n) is 5.95. The molecule has 7 heteroatoms. The van der Waals surface area contributed by atoms with Crippen molar-refractivity contribution in [1.29, 1.82) is 0 Å². The van der Waals surface area contributed by atoms with Gasteiger partial charge in [0, 0.05) is 23.7 Å². The third-order valence-corrected chi connectivity index (χ3v) is 5.95. The summed E-state index contributed by atoms with van der Waals surface area (Å²) >= 11 is 0. The van der Waals surface area contributed by atoms with Crippen molar-refractivity contribution in [2.45, 2.75) is 24.5 Å². The normalized spacial score (nSPS) is 31.5. The first kappa shape index (κ1) is 16.5. The summed E-state index contributed by atoms with van der Waals surface area (Å²) in [4.78, 5) is 8.47. The Morgan fingerprint density at radius 2 is 2.19 bits per heavy atom. The Morgan fingerprint density at radius 1 is 1.30 bits per heavy atom. The molecule has 1 aromatic carbocycles. The summed E-state index contributed by atoms with van der Waals surface area (Å²) in [5.74, 6) is 0.159. The number of halogens is 1. The SMILES string of the molecule is CC12CCOCC1C1(COC(N)=N1)c1cc(-c3cccnc3F)ccc1O2. The van der Waals surface area contributed by atoms with Crippen molar-refractivity contribution in [3.05, 3.63) is 48.0 Å². The van der Waals surface area contributed by atoms with Crippen molar-refractivity contribution in [2.75, 3.05) is 19.8 Å². The van der Waals surface area contributed by atoms with E-state index in [1.54, 1.807) is 12.1 Å². The van der Waals surface area contributed by atoms with E-state index in [-0.39, 0.29) is 11.9 Å². The molecule has 1 saturated heterocycles. The monoisotopic (exact) mass is 369 g/mol. The van der Waals surface area contributed by atoms with E-state index in [9.17, 15) is 4.39 Å². The summed E-state index contributed by atoms with van der Waals surface area (Å²) in [5.41, 5.74) is 6.76. The molecule has 6 nitrogen and oxygen atoms in total. The Labute approximate surface area is 156 Å². The first-order valence-corrected chi connectivity index (χ1v) is 9.02. The molecule has 140 valence electrons. The zero-order valence-electron chi connectivity index (χ0n) is 14.9. The fourth-order valence-electron chi connectivity index (χ4n) is 4.52. The maximum absolute atomic E-state index is 14.2. The van der Waals surface area contributed by atoms with Crippen LogP contribution in [0.5, 0.6) is 5.75 Å². The van der Waals surface area contributed by atoms with Crippen LogP contribution in [-0.2, 0) is 15.0 Å². The lowest BCUT2D eigenvalue weighted by Crippen LogP contribution is -2.59. The molecule has 3 atom stereocenters. The van der Waals surface area contributed by atoms with Crippen molar-refractivity contribution in [1.82, 2.24) is 4.98 Å². The molecule has 0 aliphatic carbocycles. The minimum absolute atomic E-state index is 0.0544. The van der Waals surface area contributed by atoms with E-state index in [4.69, 9.17) is 24.9 Å². The van der Waals surface area contributed by atoms with Gasteiger partial charge in [-0.1, -0.05) is 6.07 Å². The largest absolute Gasteiger partial charge is 0.487 e. The van der Waals surface area contributed by atoms with Crippen molar-refractivity contribution in [2.24, 2.45) is 16.6 Å². The molecular weight excluding hydrogens is 349 g/mol. The molecule has 0 radical (unpaired) electrons. The Balaban J connectivity index is 1.71. The van der Waals surface area contributed by atoms with Crippen molar-refractivity contribution in [3.63, 3.8) is 0 Å². The number of aromatic nitrogens is 1. The van der Waals surface area contributed by atoms with E-state index in [2.05, 4.69) is 11.9 Å². The third kappa shape index (κ3) is 2.34. The lowest BCUT2D eigenvalue weighted by molar-refractivity contribution is -0.129. The van der Waals surface area contributed by atoms with Gasteiger partial charge in [0.05, 0.1) is 19.1 Å². The van der Waals surface area contributed by atoms with Crippen molar-refractivity contribution >= 4 is 6.02 Å². The van der Waals surface area contributed by atoms with Crippen LogP contribution in [0.1, 0.15) is 18.9 Å². The van der Waals surface area contributed by atoms with Crippen LogP contribution in [0.4, 0.5) is 4.39 Å². The summed E-state index contributed by atoms with van der Waals surface area (Å²) in [6.07, 6.45) is 2.19. The number of benzene rings is 1. The molecule has 4 heterocycles. The first-order chi connectivity index (χ1) is 13.0. The van der Waals surface area contributed by atoms with Gasteiger partial charge in [-0.05, 0) is 36.8 Å². The predicted octanol–water partition coefficient (Wildman–Crippen LogP) is 2.62. The number of nitrogens with two attached hydrogens (primary N) is 1. The van der Waals surface area contributed by atoms with Crippen LogP contribution in [0.2, 0.25) is 0 Å². The number of fused-ring (bicyclic) bond motifs is 4. The topological polar surface area (TPSA) is 79.0 Å². The fraction of sp³-hybridized carbons (Fsp3) is 0.400. The second-order valence-electron chi connectivity index (χ2n) is 7.51. The van der Waals surface area contributed by atoms with E-state index in [1.807, 2.05) is 18.2 Å². The van der Waals surface area contributed by atoms with Gasteiger partial charge in [0.15, 0.2) is 0 Å². The van der Waals surface area contributed by atoms with Crippen LogP contribution >= 0.6 is 0 Å². The van der Waals surface area contributed by atoms with Gasteiger partial charge in [-0.2, -0.15) is 4.39 Å². The highest BCUT2D eigenvalue weighted by molar-refractivity contribution is 5.75. The zero-order chi connectivity index (χ0) is 18.6. The van der Waals surface area contributed by atoms with E-state index in [0.717, 1.165) is 17.7 Å². The molecule has 0 bridgehead atoms. The van der Waals surface area contributed by atoms with Gasteiger partial charge < -0.3 is 19.9 Å². The van der Waals surface area contributed by atoms with Crippen LogP contribution in [0, 0.1) is 11.9 Å². The van der Waals surface area contributed by atoms with Crippen LogP contribution in [0.3, 0.4) is 0 Å². The standard InChI is InChI=1S/C20H20FN3O3/c1-19-6-8-25-10-16(19)20(11-26-18(22)24-20)14-9-12(4-5-15(14)27-19)13-3-2-7-23-17(13)21/h2-5,7,9,16H,6,8,10-11H2,1H3,(H2,22,24). The van der Waals surface area contributed by atoms with E-state index in [0.29, 0.717) is 30.9 Å². The number of hydrogen-bond donors (Lipinski definition) is 1. The molecule has 2 N–H and O–H groups in total. The quantitative estimate of drug-likeness (QED) is 0.782. The average molecular weight is 369 g/mol. The van der Waals surface area contributed by atoms with Gasteiger partial charge in [-0.25, -0.2) is 9.98 Å². The van der Waals surface area contributed by atoms with Crippen LogP contribution < -0.4 is 10.5 Å². The highest BCUT2D eigenvalue weighted by Crippen LogP contribution is 2.54. The number of amidine groups is 1. The number of pyridine rings is 1. The maximum atomic E-state index is 14.2. The zero-order valence-corrected chi connectivity index (χ0v) is 14.9. The average Bonchev–Trinajstić information content (AvgIpc) is 3.04. The molecular formula is C20H20FN3O3. The van der Waals surface area contributed by atoms with Gasteiger partial charge >= 0.3 is 0 Å². The van der Waals surface area contributed by atoms with Gasteiger partial charge in [-0.3, -0.25) is 0 Å². The van der Waals surface area contributed by atoms with E-state index in [1.165, 1.54) is 6.20 Å². The molecule has 2 aromatic rings. The van der Waals surface area contributed by atoms with Crippen molar-refractivity contribution in [3.8, 4) is 16.9 Å². The number of hydrogen-bond acceptors (Lipinski definition) is 6. The Bertz CT molecular complexity index is 950. The smallest absolute Gasteiger partial charge is 0.283 e. The Morgan fingerprint density at radius 3 is 2.96 bits per heavy atom. The molecule has 27 heavy (non-hydrogen) atoms. The Hall–Kier alpha value is -2.67. The summed E-state index contributed by atoms with van der Waals surface area (Å²) in [6, 6.07) is 9.21. The molecule has 5 rings (SSSR count). The number of rotatable bonds is 1. The minimum Gasteiger partial charge on any atom is -0.487 e. The second kappa shape index (κ2) is 5.66. The van der Waals surface area contributed by atoms with E-state index >= 15 is 0 Å². The molecule has 0 saturated carbocycles. The van der Waals surface area contributed by atoms with E-state index < -0.39 is 17.1 Å². The van der Waals surface area contributed by atoms with Gasteiger partial charge in [0.1, 0.15) is 23.5 Å². The Kier molecular flexibility index (Phi) is 3.46. The highest BCUT2D eigenvalue weighted by atomic mass is 19.1. The van der Waals surface area contributed by atoms with Gasteiger partial charge in [-0.15, -0.1) is 0 Å². The minimum atomic E-state index is -0.707. The van der Waals surface area contributed by atoms with Gasteiger partial charge in [0.2, 0.25) is 5.95 Å². The summed E-state index contributed by atoms with van der Waals surface area (Å²) in [5, 5.41) is 0. The number of aliphatic imine (C=N–C) groups is 1. The fourth-order valence-corrected chi connectivity index (χ4v) is 4.52. The second-order valence-corrected chi connectivity index (χ2v) is 7.51. The first-order valence-electron chi connectivity index (χ1n) is 9.02. The van der Waals surface area contributed by atoms with Crippen molar-refractivity contribution < 1.29 is 18.6 Å². The predicted molar refractivity (Wildman–Crippen MR) is 96.8 cm³/mol. The maximum Gasteiger partial charge on any atom is 0.283 e. The lowest BCUT2D eigenvalue weighted by Gasteiger charge is -2.52.